The van der Waals surface area contributed by atoms with Gasteiger partial charge < -0.3 is 19.9 Å². The number of nitrogens with zero attached hydrogens (tertiary/aromatic N) is 1. The lowest BCUT2D eigenvalue weighted by molar-refractivity contribution is -0.0195. The normalized spacial score (nSPS) is 19.4. The molecule has 2 N–H and O–H groups in total. The number of H-pyrrole nitrogens is 1. The molecule has 106 valence electrons. The van der Waals surface area contributed by atoms with E-state index in [0.29, 0.717) is 19.7 Å². The summed E-state index contributed by atoms with van der Waals surface area (Å²) in [7, 11) is 1.89. The topological polar surface area (TPSA) is 57.4 Å². The van der Waals surface area contributed by atoms with E-state index in [4.69, 9.17) is 4.74 Å². The van der Waals surface area contributed by atoms with Crippen molar-refractivity contribution >= 4 is 16.8 Å². The second kappa shape index (κ2) is 5.64. The molecule has 3 rings (SSSR count). The van der Waals surface area contributed by atoms with Gasteiger partial charge in [-0.3, -0.25) is 4.79 Å². The SMILES string of the molecule is CNCC1CN(C(=O)c2c[nH]c3ccccc23)CCO1. The van der Waals surface area contributed by atoms with Gasteiger partial charge in [0.1, 0.15) is 0 Å². The minimum absolute atomic E-state index is 0.0721. The summed E-state index contributed by atoms with van der Waals surface area (Å²) >= 11 is 0. The first kappa shape index (κ1) is 13.1. The Kier molecular flexibility index (Phi) is 3.71. The van der Waals surface area contributed by atoms with E-state index >= 15 is 0 Å². The number of amides is 1. The highest BCUT2D eigenvalue weighted by Gasteiger charge is 2.25. The van der Waals surface area contributed by atoms with Crippen molar-refractivity contribution in [2.45, 2.75) is 6.10 Å². The quantitative estimate of drug-likeness (QED) is 0.884. The lowest BCUT2D eigenvalue weighted by atomic mass is 10.1. The van der Waals surface area contributed by atoms with Crippen LogP contribution in [0.5, 0.6) is 0 Å². The number of rotatable bonds is 3. The first-order valence-corrected chi connectivity index (χ1v) is 6.91. The molecule has 1 aromatic carbocycles. The Balaban J connectivity index is 1.81. The predicted molar refractivity (Wildman–Crippen MR) is 77.9 cm³/mol. The van der Waals surface area contributed by atoms with Crippen LogP contribution >= 0.6 is 0 Å². The molecule has 0 radical (unpaired) electrons. The van der Waals surface area contributed by atoms with Crippen LogP contribution in [0, 0.1) is 0 Å². The van der Waals surface area contributed by atoms with Crippen LogP contribution in [-0.4, -0.2) is 55.2 Å². The molecule has 1 fully saturated rings. The Morgan fingerprint density at radius 2 is 2.35 bits per heavy atom. The fourth-order valence-electron chi connectivity index (χ4n) is 2.67. The zero-order valence-electron chi connectivity index (χ0n) is 11.6. The van der Waals surface area contributed by atoms with Crippen molar-refractivity contribution in [2.75, 3.05) is 33.3 Å². The standard InChI is InChI=1S/C15H19N3O2/c1-16-8-11-10-18(6-7-20-11)15(19)13-9-17-14-5-3-2-4-12(13)14/h2-5,9,11,16-17H,6-8,10H2,1H3. The number of nitrogens with one attached hydrogen (secondary N) is 2. The van der Waals surface area contributed by atoms with Crippen LogP contribution in [0.15, 0.2) is 30.5 Å². The number of para-hydroxylation sites is 1. The number of carbonyl (C=O) groups is 1. The minimum Gasteiger partial charge on any atom is -0.373 e. The maximum Gasteiger partial charge on any atom is 0.256 e. The lowest BCUT2D eigenvalue weighted by Gasteiger charge is -2.32. The van der Waals surface area contributed by atoms with Gasteiger partial charge >= 0.3 is 0 Å². The van der Waals surface area contributed by atoms with E-state index in [1.54, 1.807) is 6.20 Å². The molecule has 2 aromatic rings. The monoisotopic (exact) mass is 273 g/mol. The number of morpholine rings is 1. The van der Waals surface area contributed by atoms with E-state index < -0.39 is 0 Å². The Hall–Kier alpha value is -1.85. The first-order valence-electron chi connectivity index (χ1n) is 6.91. The number of likely N-dealkylation sites (N-methyl/N-ethyl adjacent to an activating group) is 1. The van der Waals surface area contributed by atoms with Crippen molar-refractivity contribution in [2.24, 2.45) is 0 Å². The molecule has 1 saturated heterocycles. The molecule has 1 aromatic heterocycles. The number of aromatic nitrogens is 1. The third kappa shape index (κ3) is 2.42. The largest absolute Gasteiger partial charge is 0.373 e. The zero-order valence-corrected chi connectivity index (χ0v) is 11.6. The van der Waals surface area contributed by atoms with Gasteiger partial charge in [-0.05, 0) is 13.1 Å². The summed E-state index contributed by atoms with van der Waals surface area (Å²) in [6, 6.07) is 7.88. The van der Waals surface area contributed by atoms with Crippen LogP contribution in [0.3, 0.4) is 0 Å². The molecule has 0 saturated carbocycles. The molecule has 20 heavy (non-hydrogen) atoms. The summed E-state index contributed by atoms with van der Waals surface area (Å²) in [6.07, 6.45) is 1.87. The molecular formula is C15H19N3O2. The fourth-order valence-corrected chi connectivity index (χ4v) is 2.67. The van der Waals surface area contributed by atoms with Gasteiger partial charge in [0.2, 0.25) is 0 Å². The summed E-state index contributed by atoms with van der Waals surface area (Å²) < 4.78 is 5.64. The molecule has 1 atom stereocenters. The number of hydrogen-bond donors (Lipinski definition) is 2. The van der Waals surface area contributed by atoms with E-state index in [0.717, 1.165) is 23.0 Å². The number of benzene rings is 1. The molecule has 2 heterocycles. The van der Waals surface area contributed by atoms with Gasteiger partial charge in [0.15, 0.2) is 0 Å². The molecule has 1 aliphatic rings. The van der Waals surface area contributed by atoms with Crippen molar-refractivity contribution in [3.8, 4) is 0 Å². The summed E-state index contributed by atoms with van der Waals surface area (Å²) in [6.45, 7) is 2.65. The molecular weight excluding hydrogens is 254 g/mol. The van der Waals surface area contributed by atoms with Crippen LogP contribution in [0.4, 0.5) is 0 Å². The van der Waals surface area contributed by atoms with Crippen LogP contribution in [0.1, 0.15) is 10.4 Å². The van der Waals surface area contributed by atoms with Gasteiger partial charge in [-0.1, -0.05) is 18.2 Å². The van der Waals surface area contributed by atoms with E-state index in [1.807, 2.05) is 36.2 Å². The highest BCUT2D eigenvalue weighted by atomic mass is 16.5. The van der Waals surface area contributed by atoms with E-state index in [1.165, 1.54) is 0 Å². The summed E-state index contributed by atoms with van der Waals surface area (Å²) in [5, 5.41) is 4.07. The molecule has 0 aliphatic carbocycles. The zero-order chi connectivity index (χ0) is 13.9. The molecule has 0 spiro atoms. The Morgan fingerprint density at radius 1 is 1.50 bits per heavy atom. The van der Waals surface area contributed by atoms with Crippen LogP contribution < -0.4 is 5.32 Å². The molecule has 1 aliphatic heterocycles. The maximum absolute atomic E-state index is 12.7. The third-order valence-electron chi connectivity index (χ3n) is 3.68. The van der Waals surface area contributed by atoms with Crippen molar-refractivity contribution < 1.29 is 9.53 Å². The van der Waals surface area contributed by atoms with Gasteiger partial charge in [0.05, 0.1) is 18.3 Å². The number of aromatic amines is 1. The molecule has 5 nitrogen and oxygen atoms in total. The van der Waals surface area contributed by atoms with Crippen LogP contribution in [0.25, 0.3) is 10.9 Å². The number of hydrogen-bond acceptors (Lipinski definition) is 3. The highest BCUT2D eigenvalue weighted by Crippen LogP contribution is 2.20. The van der Waals surface area contributed by atoms with Gasteiger partial charge in [0, 0.05) is 36.7 Å². The smallest absolute Gasteiger partial charge is 0.256 e. The molecule has 1 amide bonds. The predicted octanol–water partition coefficient (Wildman–Crippen LogP) is 1.23. The van der Waals surface area contributed by atoms with E-state index in [-0.39, 0.29) is 12.0 Å². The second-order valence-corrected chi connectivity index (χ2v) is 5.05. The second-order valence-electron chi connectivity index (χ2n) is 5.05. The van der Waals surface area contributed by atoms with E-state index in [2.05, 4.69) is 10.3 Å². The van der Waals surface area contributed by atoms with Gasteiger partial charge in [-0.25, -0.2) is 0 Å². The minimum atomic E-state index is 0.0721. The summed E-state index contributed by atoms with van der Waals surface area (Å²) in [4.78, 5) is 17.7. The molecule has 1 unspecified atom stereocenters. The van der Waals surface area contributed by atoms with E-state index in [9.17, 15) is 4.79 Å². The van der Waals surface area contributed by atoms with Gasteiger partial charge in [-0.15, -0.1) is 0 Å². The molecule has 0 bridgehead atoms. The van der Waals surface area contributed by atoms with Crippen molar-refractivity contribution in [1.29, 1.82) is 0 Å². The van der Waals surface area contributed by atoms with Gasteiger partial charge in [0.25, 0.3) is 5.91 Å². The summed E-state index contributed by atoms with van der Waals surface area (Å²) in [5.41, 5.74) is 1.74. The van der Waals surface area contributed by atoms with Crippen LogP contribution in [0.2, 0.25) is 0 Å². The highest BCUT2D eigenvalue weighted by molar-refractivity contribution is 6.06. The first-order chi connectivity index (χ1) is 9.79. The lowest BCUT2D eigenvalue weighted by Crippen LogP contribution is -2.48. The average molecular weight is 273 g/mol. The number of ether oxygens (including phenoxy) is 1. The Morgan fingerprint density at radius 3 is 3.20 bits per heavy atom. The summed E-state index contributed by atoms with van der Waals surface area (Å²) in [5.74, 6) is 0.0758. The van der Waals surface area contributed by atoms with Gasteiger partial charge in [-0.2, -0.15) is 0 Å². The number of fused-ring (bicyclic) bond motifs is 1. The van der Waals surface area contributed by atoms with Crippen molar-refractivity contribution in [1.82, 2.24) is 15.2 Å². The van der Waals surface area contributed by atoms with Crippen molar-refractivity contribution in [3.63, 3.8) is 0 Å². The fraction of sp³-hybridized carbons (Fsp3) is 0.400. The maximum atomic E-state index is 12.7. The third-order valence-corrected chi connectivity index (χ3v) is 3.68. The average Bonchev–Trinajstić information content (AvgIpc) is 2.91. The Bertz CT molecular complexity index is 606. The molecule has 5 heteroatoms. The van der Waals surface area contributed by atoms with Crippen molar-refractivity contribution in [3.05, 3.63) is 36.0 Å². The number of carbonyl (C=O) groups excluding carboxylic acids is 1. The Labute approximate surface area is 117 Å². The van der Waals surface area contributed by atoms with Crippen LogP contribution in [-0.2, 0) is 4.74 Å².